The molecule has 0 aliphatic carbocycles. The number of rotatable bonds is 8. The normalized spacial score (nSPS) is 10.9. The van der Waals surface area contributed by atoms with Gasteiger partial charge in [-0.3, -0.25) is 9.78 Å². The van der Waals surface area contributed by atoms with Crippen LogP contribution in [0.2, 0.25) is 0 Å². The summed E-state index contributed by atoms with van der Waals surface area (Å²) >= 11 is 0. The van der Waals surface area contributed by atoms with Crippen molar-refractivity contribution in [2.24, 2.45) is 0 Å². The molecule has 1 amide bonds. The number of halogens is 1. The molecule has 0 saturated carbocycles. The van der Waals surface area contributed by atoms with Crippen molar-refractivity contribution in [1.82, 2.24) is 19.9 Å². The number of carbonyl (C=O) groups excluding carboxylic acids is 1. The maximum absolute atomic E-state index is 13.4. The quantitative estimate of drug-likeness (QED) is 0.584. The van der Waals surface area contributed by atoms with Gasteiger partial charge in [-0.25, -0.2) is 9.37 Å². The first-order valence-electron chi connectivity index (χ1n) is 9.58. The lowest BCUT2D eigenvalue weighted by Gasteiger charge is -2.11. The maximum Gasteiger partial charge on any atom is 0.252 e. The first kappa shape index (κ1) is 20.5. The number of methoxy groups -OCH3 is 1. The van der Waals surface area contributed by atoms with Crippen LogP contribution in [0.4, 0.5) is 4.39 Å². The van der Waals surface area contributed by atoms with Crippen LogP contribution < -0.4 is 10.1 Å². The van der Waals surface area contributed by atoms with Crippen LogP contribution in [0.1, 0.15) is 42.4 Å². The van der Waals surface area contributed by atoms with Crippen LogP contribution in [-0.2, 0) is 6.54 Å². The molecule has 0 unspecified atom stereocenters. The molecular weight excluding hydrogens is 371 g/mol. The minimum Gasteiger partial charge on any atom is -0.496 e. The molecule has 0 spiro atoms. The Morgan fingerprint density at radius 3 is 2.76 bits per heavy atom. The zero-order chi connectivity index (χ0) is 20.8. The van der Waals surface area contributed by atoms with Gasteiger partial charge in [0, 0.05) is 49.2 Å². The number of nitrogens with one attached hydrogen (secondary N) is 1. The number of hydrogen-bond donors (Lipinski definition) is 1. The third-order valence-electron chi connectivity index (χ3n) is 4.59. The van der Waals surface area contributed by atoms with Gasteiger partial charge in [-0.05, 0) is 30.7 Å². The minimum atomic E-state index is -0.377. The van der Waals surface area contributed by atoms with Crippen molar-refractivity contribution < 1.29 is 13.9 Å². The van der Waals surface area contributed by atoms with Gasteiger partial charge >= 0.3 is 0 Å². The molecule has 152 valence electrons. The SMILES string of the molecule is COc1cc(F)ccc1-c1ccc(C(=O)NCCCn2ccnc2C(C)C)cn1. The molecule has 0 saturated heterocycles. The average molecular weight is 396 g/mol. The van der Waals surface area contributed by atoms with Crippen LogP contribution in [0, 0.1) is 5.82 Å². The molecule has 0 radical (unpaired) electrons. The van der Waals surface area contributed by atoms with Crippen molar-refractivity contribution in [1.29, 1.82) is 0 Å². The van der Waals surface area contributed by atoms with Gasteiger partial charge in [0.05, 0.1) is 18.4 Å². The van der Waals surface area contributed by atoms with Gasteiger partial charge in [0.15, 0.2) is 0 Å². The molecule has 0 aliphatic heterocycles. The highest BCUT2D eigenvalue weighted by molar-refractivity contribution is 5.94. The summed E-state index contributed by atoms with van der Waals surface area (Å²) in [5, 5.41) is 2.91. The number of ether oxygens (including phenoxy) is 1. The van der Waals surface area contributed by atoms with E-state index in [4.69, 9.17) is 4.74 Å². The highest BCUT2D eigenvalue weighted by Crippen LogP contribution is 2.29. The minimum absolute atomic E-state index is 0.176. The molecule has 0 atom stereocenters. The number of carbonyl (C=O) groups is 1. The molecule has 2 aromatic heterocycles. The van der Waals surface area contributed by atoms with Crippen molar-refractivity contribution in [2.75, 3.05) is 13.7 Å². The van der Waals surface area contributed by atoms with E-state index >= 15 is 0 Å². The highest BCUT2D eigenvalue weighted by atomic mass is 19.1. The fourth-order valence-electron chi connectivity index (χ4n) is 3.13. The Kier molecular flexibility index (Phi) is 6.59. The lowest BCUT2D eigenvalue weighted by atomic mass is 10.1. The Bertz CT molecular complexity index is 967. The second-order valence-corrected chi connectivity index (χ2v) is 7.02. The molecule has 3 rings (SSSR count). The van der Waals surface area contributed by atoms with Gasteiger partial charge in [-0.2, -0.15) is 0 Å². The van der Waals surface area contributed by atoms with Gasteiger partial charge in [0.25, 0.3) is 5.91 Å². The van der Waals surface area contributed by atoms with Crippen LogP contribution >= 0.6 is 0 Å². The van der Waals surface area contributed by atoms with Crippen molar-refractivity contribution in [2.45, 2.75) is 32.7 Å². The van der Waals surface area contributed by atoms with Crippen molar-refractivity contribution in [3.05, 3.63) is 66.1 Å². The summed E-state index contributed by atoms with van der Waals surface area (Å²) < 4.78 is 20.7. The summed E-state index contributed by atoms with van der Waals surface area (Å²) in [5.41, 5.74) is 1.75. The van der Waals surface area contributed by atoms with Crippen molar-refractivity contribution in [3.8, 4) is 17.0 Å². The van der Waals surface area contributed by atoms with Crippen LogP contribution in [0.25, 0.3) is 11.3 Å². The molecular formula is C22H25FN4O2. The van der Waals surface area contributed by atoms with Gasteiger partial charge in [-0.15, -0.1) is 0 Å². The summed E-state index contributed by atoms with van der Waals surface area (Å²) in [6.07, 6.45) is 6.08. The number of imidazole rings is 1. The second-order valence-electron chi connectivity index (χ2n) is 7.02. The van der Waals surface area contributed by atoms with E-state index in [-0.39, 0.29) is 11.7 Å². The molecule has 7 heteroatoms. The summed E-state index contributed by atoms with van der Waals surface area (Å²) in [7, 11) is 1.48. The number of hydrogen-bond acceptors (Lipinski definition) is 4. The van der Waals surface area contributed by atoms with E-state index in [9.17, 15) is 9.18 Å². The van der Waals surface area contributed by atoms with Gasteiger partial charge in [0.1, 0.15) is 17.4 Å². The molecule has 1 aromatic carbocycles. The summed E-state index contributed by atoms with van der Waals surface area (Å²) in [5.74, 6) is 1.26. The topological polar surface area (TPSA) is 69.0 Å². The van der Waals surface area contributed by atoms with Gasteiger partial charge in [-0.1, -0.05) is 13.8 Å². The third kappa shape index (κ3) is 4.99. The van der Waals surface area contributed by atoms with Crippen molar-refractivity contribution in [3.63, 3.8) is 0 Å². The number of nitrogens with zero attached hydrogens (tertiary/aromatic N) is 3. The van der Waals surface area contributed by atoms with E-state index in [1.807, 2.05) is 6.20 Å². The number of amides is 1. The lowest BCUT2D eigenvalue weighted by molar-refractivity contribution is 0.0952. The van der Waals surface area contributed by atoms with E-state index in [0.717, 1.165) is 18.8 Å². The van der Waals surface area contributed by atoms with Crippen LogP contribution in [0.15, 0.2) is 48.9 Å². The van der Waals surface area contributed by atoms with Gasteiger partial charge < -0.3 is 14.6 Å². The fourth-order valence-corrected chi connectivity index (χ4v) is 3.13. The molecule has 29 heavy (non-hydrogen) atoms. The standard InChI is InChI=1S/C22H25FN4O2/c1-15(2)21-24-10-12-27(21)11-4-9-25-22(28)16-5-8-19(26-14-16)18-7-6-17(23)13-20(18)29-3/h5-8,10,12-15H,4,9,11H2,1-3H3,(H,25,28). The molecule has 1 N–H and O–H groups in total. The van der Waals surface area contributed by atoms with Crippen LogP contribution in [-0.4, -0.2) is 34.1 Å². The smallest absolute Gasteiger partial charge is 0.252 e. The Labute approximate surface area is 169 Å². The van der Waals surface area contributed by atoms with E-state index < -0.39 is 0 Å². The van der Waals surface area contributed by atoms with Gasteiger partial charge in [0.2, 0.25) is 0 Å². The summed E-state index contributed by atoms with van der Waals surface area (Å²) in [6.45, 7) is 5.58. The van der Waals surface area contributed by atoms with E-state index in [2.05, 4.69) is 33.7 Å². The zero-order valence-electron chi connectivity index (χ0n) is 16.9. The van der Waals surface area contributed by atoms with Crippen LogP contribution in [0.5, 0.6) is 5.75 Å². The molecule has 2 heterocycles. The Morgan fingerprint density at radius 1 is 1.24 bits per heavy atom. The first-order valence-corrected chi connectivity index (χ1v) is 9.58. The first-order chi connectivity index (χ1) is 14.0. The molecule has 0 bridgehead atoms. The maximum atomic E-state index is 13.4. The number of aromatic nitrogens is 3. The van der Waals surface area contributed by atoms with E-state index in [1.165, 1.54) is 25.4 Å². The molecule has 0 aliphatic rings. The average Bonchev–Trinajstić information content (AvgIpc) is 3.20. The summed E-state index contributed by atoms with van der Waals surface area (Å²) in [4.78, 5) is 21.0. The largest absolute Gasteiger partial charge is 0.496 e. The predicted octanol–water partition coefficient (Wildman–Crippen LogP) is 4.04. The molecule has 6 nitrogen and oxygen atoms in total. The Morgan fingerprint density at radius 2 is 2.07 bits per heavy atom. The number of benzene rings is 1. The number of aryl methyl sites for hydroxylation is 1. The fraction of sp³-hybridized carbons (Fsp3) is 0.318. The highest BCUT2D eigenvalue weighted by Gasteiger charge is 2.11. The van der Waals surface area contributed by atoms with E-state index in [0.29, 0.717) is 35.0 Å². The molecule has 0 fully saturated rings. The predicted molar refractivity (Wildman–Crippen MR) is 109 cm³/mol. The monoisotopic (exact) mass is 396 g/mol. The van der Waals surface area contributed by atoms with Crippen LogP contribution in [0.3, 0.4) is 0 Å². The van der Waals surface area contributed by atoms with E-state index in [1.54, 1.807) is 24.4 Å². The summed E-state index contributed by atoms with van der Waals surface area (Å²) in [6, 6.07) is 7.70. The number of pyridine rings is 1. The lowest BCUT2D eigenvalue weighted by Crippen LogP contribution is -2.25. The Balaban J connectivity index is 1.56. The Hall–Kier alpha value is -3.22. The zero-order valence-corrected chi connectivity index (χ0v) is 16.9. The second kappa shape index (κ2) is 9.32. The van der Waals surface area contributed by atoms with Crippen molar-refractivity contribution >= 4 is 5.91 Å². The third-order valence-corrected chi connectivity index (χ3v) is 4.59. The molecule has 3 aromatic rings.